The zero-order valence-electron chi connectivity index (χ0n) is 11.7. The Bertz CT molecular complexity index is 619. The lowest BCUT2D eigenvalue weighted by Crippen LogP contribution is -2.24. The lowest BCUT2D eigenvalue weighted by molar-refractivity contribution is 0.607. The van der Waals surface area contributed by atoms with Gasteiger partial charge in [-0.1, -0.05) is 47.5 Å². The molecule has 5 heteroatoms. The van der Waals surface area contributed by atoms with Crippen LogP contribution in [-0.2, 0) is 0 Å². The molecular formula is C16H17Cl2FN2. The van der Waals surface area contributed by atoms with Crippen LogP contribution in [0.15, 0.2) is 42.5 Å². The zero-order chi connectivity index (χ0) is 15.4. The van der Waals surface area contributed by atoms with Crippen molar-refractivity contribution >= 4 is 28.9 Å². The van der Waals surface area contributed by atoms with Crippen LogP contribution in [0.25, 0.3) is 0 Å². The number of para-hydroxylation sites is 1. The van der Waals surface area contributed by atoms with E-state index in [0.717, 1.165) is 5.56 Å². The summed E-state index contributed by atoms with van der Waals surface area (Å²) in [7, 11) is 1.84. The molecule has 2 N–H and O–H groups in total. The van der Waals surface area contributed by atoms with Gasteiger partial charge in [-0.3, -0.25) is 0 Å². The summed E-state index contributed by atoms with van der Waals surface area (Å²) in [6.07, 6.45) is 0.644. The largest absolute Gasteiger partial charge is 0.372 e. The van der Waals surface area contributed by atoms with E-state index in [0.29, 0.717) is 28.7 Å². The molecule has 2 aromatic rings. The maximum atomic E-state index is 13.7. The molecule has 2 nitrogen and oxygen atoms in total. The van der Waals surface area contributed by atoms with Crippen molar-refractivity contribution in [3.05, 3.63) is 63.9 Å². The van der Waals surface area contributed by atoms with Crippen molar-refractivity contribution in [1.82, 2.24) is 0 Å². The SMILES string of the molecule is CN(CCC(N)c1cccc(Cl)c1Cl)c1ccccc1F. The maximum Gasteiger partial charge on any atom is 0.146 e. The van der Waals surface area contributed by atoms with E-state index in [1.54, 1.807) is 18.2 Å². The first kappa shape index (κ1) is 16.1. The van der Waals surface area contributed by atoms with Crippen LogP contribution >= 0.6 is 23.2 Å². The lowest BCUT2D eigenvalue weighted by atomic mass is 10.0. The number of rotatable bonds is 5. The predicted octanol–water partition coefficient (Wildman–Crippen LogP) is 4.66. The van der Waals surface area contributed by atoms with Crippen molar-refractivity contribution in [2.45, 2.75) is 12.5 Å². The van der Waals surface area contributed by atoms with Gasteiger partial charge in [-0.15, -0.1) is 0 Å². The Morgan fingerprint density at radius 2 is 1.86 bits per heavy atom. The van der Waals surface area contributed by atoms with Crippen molar-refractivity contribution in [3.63, 3.8) is 0 Å². The summed E-state index contributed by atoms with van der Waals surface area (Å²) in [4.78, 5) is 1.84. The molecule has 0 aliphatic heterocycles. The summed E-state index contributed by atoms with van der Waals surface area (Å²) < 4.78 is 13.7. The smallest absolute Gasteiger partial charge is 0.146 e. The second kappa shape index (κ2) is 7.12. The average Bonchev–Trinajstić information content (AvgIpc) is 2.47. The highest BCUT2D eigenvalue weighted by Gasteiger charge is 2.14. The third-order valence-electron chi connectivity index (χ3n) is 3.42. The van der Waals surface area contributed by atoms with E-state index < -0.39 is 0 Å². The Balaban J connectivity index is 2.03. The maximum absolute atomic E-state index is 13.7. The normalized spacial score (nSPS) is 12.2. The molecule has 2 aromatic carbocycles. The van der Waals surface area contributed by atoms with Crippen LogP contribution in [0.2, 0.25) is 10.0 Å². The topological polar surface area (TPSA) is 29.3 Å². The van der Waals surface area contributed by atoms with E-state index >= 15 is 0 Å². The average molecular weight is 327 g/mol. The van der Waals surface area contributed by atoms with E-state index in [1.165, 1.54) is 6.07 Å². The number of nitrogens with zero attached hydrogens (tertiary/aromatic N) is 1. The molecule has 0 amide bonds. The van der Waals surface area contributed by atoms with E-state index in [9.17, 15) is 4.39 Å². The minimum absolute atomic E-state index is 0.241. The highest BCUT2D eigenvalue weighted by molar-refractivity contribution is 6.42. The predicted molar refractivity (Wildman–Crippen MR) is 87.7 cm³/mol. The first-order valence-electron chi connectivity index (χ1n) is 6.66. The van der Waals surface area contributed by atoms with Crippen LogP contribution in [0.3, 0.4) is 0 Å². The van der Waals surface area contributed by atoms with Gasteiger partial charge >= 0.3 is 0 Å². The number of nitrogens with two attached hydrogens (primary N) is 1. The fourth-order valence-electron chi connectivity index (χ4n) is 2.18. The third-order valence-corrected chi connectivity index (χ3v) is 4.25. The Kier molecular flexibility index (Phi) is 5.45. The van der Waals surface area contributed by atoms with Gasteiger partial charge in [-0.25, -0.2) is 4.39 Å². The van der Waals surface area contributed by atoms with Crippen LogP contribution in [0, 0.1) is 5.82 Å². The Hall–Kier alpha value is -1.29. The van der Waals surface area contributed by atoms with E-state index in [1.807, 2.05) is 30.1 Å². The molecule has 2 rings (SSSR count). The molecular weight excluding hydrogens is 310 g/mol. The second-order valence-corrected chi connectivity index (χ2v) is 5.70. The summed E-state index contributed by atoms with van der Waals surface area (Å²) in [5, 5.41) is 0.979. The van der Waals surface area contributed by atoms with Gasteiger partial charge in [0.05, 0.1) is 15.7 Å². The molecule has 0 radical (unpaired) electrons. The molecule has 21 heavy (non-hydrogen) atoms. The summed E-state index contributed by atoms with van der Waals surface area (Å²) >= 11 is 12.1. The summed E-state index contributed by atoms with van der Waals surface area (Å²) in [6.45, 7) is 0.616. The van der Waals surface area contributed by atoms with E-state index in [-0.39, 0.29) is 11.9 Å². The standard InChI is InChI=1S/C16H17Cl2FN2/c1-21(15-8-3-2-7-13(15)19)10-9-14(20)11-5-4-6-12(17)16(11)18/h2-8,14H,9-10,20H2,1H3. The monoisotopic (exact) mass is 326 g/mol. The van der Waals surface area contributed by atoms with Gasteiger partial charge in [-0.2, -0.15) is 0 Å². The fourth-order valence-corrected chi connectivity index (χ4v) is 2.62. The van der Waals surface area contributed by atoms with Crippen LogP contribution in [0.4, 0.5) is 10.1 Å². The van der Waals surface area contributed by atoms with Gasteiger partial charge in [0.1, 0.15) is 5.82 Å². The number of hydrogen-bond donors (Lipinski definition) is 1. The first-order valence-corrected chi connectivity index (χ1v) is 7.41. The van der Waals surface area contributed by atoms with Gasteiger partial charge in [0, 0.05) is 19.6 Å². The fraction of sp³-hybridized carbons (Fsp3) is 0.250. The number of anilines is 1. The van der Waals surface area contributed by atoms with Crippen molar-refractivity contribution in [2.24, 2.45) is 5.73 Å². The van der Waals surface area contributed by atoms with Crippen LogP contribution in [0.1, 0.15) is 18.0 Å². The van der Waals surface area contributed by atoms with Gasteiger partial charge in [0.2, 0.25) is 0 Å². The molecule has 0 saturated heterocycles. The van der Waals surface area contributed by atoms with Crippen molar-refractivity contribution in [2.75, 3.05) is 18.5 Å². The quantitative estimate of drug-likeness (QED) is 0.865. The van der Waals surface area contributed by atoms with E-state index in [2.05, 4.69) is 0 Å². The van der Waals surface area contributed by atoms with Gasteiger partial charge < -0.3 is 10.6 Å². The Morgan fingerprint density at radius 1 is 1.14 bits per heavy atom. The Labute approximate surface area is 134 Å². The summed E-state index contributed by atoms with van der Waals surface area (Å²) in [6, 6.07) is 11.8. The van der Waals surface area contributed by atoms with Crippen molar-refractivity contribution in [1.29, 1.82) is 0 Å². The molecule has 0 fully saturated rings. The van der Waals surface area contributed by atoms with Gasteiger partial charge in [-0.05, 0) is 30.2 Å². The molecule has 1 unspecified atom stereocenters. The summed E-state index contributed by atoms with van der Waals surface area (Å²) in [5.74, 6) is -0.241. The zero-order valence-corrected chi connectivity index (χ0v) is 13.2. The lowest BCUT2D eigenvalue weighted by Gasteiger charge is -2.22. The highest BCUT2D eigenvalue weighted by atomic mass is 35.5. The minimum Gasteiger partial charge on any atom is -0.372 e. The minimum atomic E-state index is -0.245. The van der Waals surface area contributed by atoms with Gasteiger partial charge in [0.15, 0.2) is 0 Å². The molecule has 0 spiro atoms. The highest BCUT2D eigenvalue weighted by Crippen LogP contribution is 2.30. The molecule has 0 aliphatic carbocycles. The van der Waals surface area contributed by atoms with Crippen molar-refractivity contribution < 1.29 is 4.39 Å². The molecule has 0 aliphatic rings. The molecule has 0 saturated carbocycles. The number of hydrogen-bond acceptors (Lipinski definition) is 2. The van der Waals surface area contributed by atoms with E-state index in [4.69, 9.17) is 28.9 Å². The third kappa shape index (κ3) is 3.88. The number of benzene rings is 2. The second-order valence-electron chi connectivity index (χ2n) is 4.91. The van der Waals surface area contributed by atoms with Crippen LogP contribution in [0.5, 0.6) is 0 Å². The molecule has 112 valence electrons. The number of halogens is 3. The first-order chi connectivity index (χ1) is 10.0. The Morgan fingerprint density at radius 3 is 2.57 bits per heavy atom. The molecule has 0 heterocycles. The summed E-state index contributed by atoms with van der Waals surface area (Å²) in [5.41, 5.74) is 7.53. The molecule has 1 atom stereocenters. The molecule has 0 bridgehead atoms. The molecule has 0 aromatic heterocycles. The van der Waals surface area contributed by atoms with Gasteiger partial charge in [0.25, 0.3) is 0 Å². The van der Waals surface area contributed by atoms with Crippen LogP contribution in [-0.4, -0.2) is 13.6 Å². The van der Waals surface area contributed by atoms with Crippen LogP contribution < -0.4 is 10.6 Å². The van der Waals surface area contributed by atoms with Crippen molar-refractivity contribution in [3.8, 4) is 0 Å².